The number of hydrogen-bond donors (Lipinski definition) is 1. The molecule has 1 aliphatic rings. The predicted molar refractivity (Wildman–Crippen MR) is 63.0 cm³/mol. The van der Waals surface area contributed by atoms with E-state index in [1.165, 1.54) is 11.1 Å². The maximum absolute atomic E-state index is 3.29. The van der Waals surface area contributed by atoms with E-state index in [1.54, 1.807) is 0 Å². The smallest absolute Gasteiger partial charge is 0.0199 e. The molecule has 0 spiro atoms. The first-order valence-electron chi connectivity index (χ1n) is 5.15. The molecular formula is C13H19N. The average Bonchev–Trinajstić information content (AvgIpc) is 2.16. The summed E-state index contributed by atoms with van der Waals surface area (Å²) in [7, 11) is 0. The van der Waals surface area contributed by atoms with E-state index in [1.807, 2.05) is 0 Å². The Hall–Kier alpha value is -1.24. The van der Waals surface area contributed by atoms with Crippen LogP contribution in [0.5, 0.6) is 0 Å². The molecular weight excluding hydrogens is 170 g/mol. The van der Waals surface area contributed by atoms with E-state index >= 15 is 0 Å². The van der Waals surface area contributed by atoms with Gasteiger partial charge in [-0.3, -0.25) is 0 Å². The van der Waals surface area contributed by atoms with Crippen LogP contribution < -0.4 is 5.32 Å². The third-order valence-corrected chi connectivity index (χ3v) is 1.97. The van der Waals surface area contributed by atoms with Crippen LogP contribution in [0.4, 0.5) is 0 Å². The molecule has 0 aromatic rings. The van der Waals surface area contributed by atoms with Gasteiger partial charge < -0.3 is 5.32 Å². The fourth-order valence-electron chi connectivity index (χ4n) is 1.27. The standard InChI is InChI=1S/C13H19N/c1-11(2)14-10-12(3)9-13-7-5-4-6-8-13/h4-7,9-11,14H,8H2,1-3H3/b12-10-,13-9+. The molecule has 0 heterocycles. The van der Waals surface area contributed by atoms with E-state index in [0.717, 1.165) is 6.42 Å². The summed E-state index contributed by atoms with van der Waals surface area (Å²) >= 11 is 0. The van der Waals surface area contributed by atoms with E-state index in [0.29, 0.717) is 6.04 Å². The highest BCUT2D eigenvalue weighted by molar-refractivity contribution is 5.34. The Morgan fingerprint density at radius 3 is 2.79 bits per heavy atom. The molecule has 0 aromatic heterocycles. The summed E-state index contributed by atoms with van der Waals surface area (Å²) < 4.78 is 0. The lowest BCUT2D eigenvalue weighted by Crippen LogP contribution is -2.15. The number of allylic oxidation sites excluding steroid dienone is 7. The van der Waals surface area contributed by atoms with Crippen LogP contribution >= 0.6 is 0 Å². The summed E-state index contributed by atoms with van der Waals surface area (Å²) in [6, 6.07) is 0.505. The second-order valence-corrected chi connectivity index (χ2v) is 3.92. The fourth-order valence-corrected chi connectivity index (χ4v) is 1.27. The van der Waals surface area contributed by atoms with Gasteiger partial charge in [-0.25, -0.2) is 0 Å². The van der Waals surface area contributed by atoms with Crippen molar-refractivity contribution in [2.45, 2.75) is 33.2 Å². The van der Waals surface area contributed by atoms with Crippen molar-refractivity contribution in [1.29, 1.82) is 0 Å². The molecule has 0 radical (unpaired) electrons. The highest BCUT2D eigenvalue weighted by atomic mass is 14.9. The van der Waals surface area contributed by atoms with Crippen molar-refractivity contribution < 1.29 is 0 Å². The fraction of sp³-hybridized carbons (Fsp3) is 0.385. The van der Waals surface area contributed by atoms with Crippen LogP contribution in [0.1, 0.15) is 27.2 Å². The van der Waals surface area contributed by atoms with Crippen molar-refractivity contribution in [1.82, 2.24) is 5.32 Å². The summed E-state index contributed by atoms with van der Waals surface area (Å²) in [6.07, 6.45) is 13.8. The zero-order valence-corrected chi connectivity index (χ0v) is 9.25. The lowest BCUT2D eigenvalue weighted by atomic mass is 10.1. The third kappa shape index (κ3) is 4.13. The number of hydrogen-bond acceptors (Lipinski definition) is 1. The summed E-state index contributed by atoms with van der Waals surface area (Å²) in [5.74, 6) is 0. The minimum atomic E-state index is 0.505. The van der Waals surface area contributed by atoms with E-state index in [2.05, 4.69) is 62.7 Å². The molecule has 0 aromatic carbocycles. The van der Waals surface area contributed by atoms with Gasteiger partial charge in [0.1, 0.15) is 0 Å². The summed E-state index contributed by atoms with van der Waals surface area (Å²) in [5.41, 5.74) is 2.64. The van der Waals surface area contributed by atoms with E-state index < -0.39 is 0 Å². The average molecular weight is 189 g/mol. The van der Waals surface area contributed by atoms with E-state index in [-0.39, 0.29) is 0 Å². The maximum Gasteiger partial charge on any atom is 0.0199 e. The molecule has 0 saturated heterocycles. The largest absolute Gasteiger partial charge is 0.389 e. The molecule has 0 fully saturated rings. The van der Waals surface area contributed by atoms with Crippen LogP contribution in [0.3, 0.4) is 0 Å². The Morgan fingerprint density at radius 1 is 1.43 bits per heavy atom. The molecule has 0 aliphatic heterocycles. The van der Waals surface area contributed by atoms with Crippen molar-refractivity contribution in [2.24, 2.45) is 0 Å². The van der Waals surface area contributed by atoms with Crippen LogP contribution in [0.15, 0.2) is 47.7 Å². The first kappa shape index (κ1) is 10.8. The Labute approximate surface area is 86.9 Å². The highest BCUT2D eigenvalue weighted by Gasteiger charge is 1.94. The molecule has 1 rings (SSSR count). The topological polar surface area (TPSA) is 12.0 Å². The number of rotatable bonds is 3. The molecule has 0 amide bonds. The van der Waals surface area contributed by atoms with Crippen LogP contribution in [-0.4, -0.2) is 6.04 Å². The molecule has 0 atom stereocenters. The molecule has 1 heteroatoms. The van der Waals surface area contributed by atoms with Gasteiger partial charge in [0.15, 0.2) is 0 Å². The first-order valence-corrected chi connectivity index (χ1v) is 5.15. The van der Waals surface area contributed by atoms with Gasteiger partial charge in [-0.1, -0.05) is 30.4 Å². The van der Waals surface area contributed by atoms with Crippen molar-refractivity contribution >= 4 is 0 Å². The van der Waals surface area contributed by atoms with Crippen molar-refractivity contribution in [3.8, 4) is 0 Å². The van der Waals surface area contributed by atoms with Gasteiger partial charge >= 0.3 is 0 Å². The SMILES string of the molecule is CC(=C/NC(C)C)/C=C1\C=CC=CC1. The molecule has 0 bridgehead atoms. The van der Waals surface area contributed by atoms with Gasteiger partial charge in [0, 0.05) is 6.04 Å². The van der Waals surface area contributed by atoms with Gasteiger partial charge in [-0.05, 0) is 44.5 Å². The predicted octanol–water partition coefficient (Wildman–Crippen LogP) is 3.33. The lowest BCUT2D eigenvalue weighted by molar-refractivity contribution is 0.699. The lowest BCUT2D eigenvalue weighted by Gasteiger charge is -2.06. The zero-order chi connectivity index (χ0) is 10.4. The van der Waals surface area contributed by atoms with Crippen LogP contribution in [0.25, 0.3) is 0 Å². The van der Waals surface area contributed by atoms with Crippen LogP contribution in [0.2, 0.25) is 0 Å². The molecule has 1 aliphatic carbocycles. The van der Waals surface area contributed by atoms with Gasteiger partial charge in [-0.2, -0.15) is 0 Å². The van der Waals surface area contributed by atoms with Gasteiger partial charge in [0.05, 0.1) is 0 Å². The highest BCUT2D eigenvalue weighted by Crippen LogP contribution is 2.12. The van der Waals surface area contributed by atoms with E-state index in [4.69, 9.17) is 0 Å². The van der Waals surface area contributed by atoms with Crippen LogP contribution in [0, 0.1) is 0 Å². The summed E-state index contributed by atoms with van der Waals surface area (Å²) in [5, 5.41) is 3.29. The number of nitrogens with one attached hydrogen (secondary N) is 1. The Morgan fingerprint density at radius 2 is 2.21 bits per heavy atom. The maximum atomic E-state index is 3.29. The van der Waals surface area contributed by atoms with E-state index in [9.17, 15) is 0 Å². The minimum absolute atomic E-state index is 0.505. The van der Waals surface area contributed by atoms with Crippen molar-refractivity contribution in [3.05, 3.63) is 47.7 Å². The molecule has 0 unspecified atom stereocenters. The van der Waals surface area contributed by atoms with Gasteiger partial charge in [0.2, 0.25) is 0 Å². The summed E-state index contributed by atoms with van der Waals surface area (Å²) in [6.45, 7) is 6.40. The first-order chi connectivity index (χ1) is 6.68. The molecule has 76 valence electrons. The van der Waals surface area contributed by atoms with Crippen molar-refractivity contribution in [2.75, 3.05) is 0 Å². The van der Waals surface area contributed by atoms with Gasteiger partial charge in [0.25, 0.3) is 0 Å². The monoisotopic (exact) mass is 189 g/mol. The Bertz CT molecular complexity index is 290. The quantitative estimate of drug-likeness (QED) is 0.718. The summed E-state index contributed by atoms with van der Waals surface area (Å²) in [4.78, 5) is 0. The normalized spacial score (nSPS) is 19.4. The molecule has 1 nitrogen and oxygen atoms in total. The Balaban J connectivity index is 2.54. The third-order valence-electron chi connectivity index (χ3n) is 1.97. The second kappa shape index (κ2) is 5.48. The zero-order valence-electron chi connectivity index (χ0n) is 9.25. The molecule has 1 N–H and O–H groups in total. The van der Waals surface area contributed by atoms with Gasteiger partial charge in [-0.15, -0.1) is 0 Å². The Kier molecular flexibility index (Phi) is 4.24. The van der Waals surface area contributed by atoms with Crippen molar-refractivity contribution in [3.63, 3.8) is 0 Å². The molecule has 0 saturated carbocycles. The minimum Gasteiger partial charge on any atom is -0.389 e. The second-order valence-electron chi connectivity index (χ2n) is 3.92. The van der Waals surface area contributed by atoms with Crippen LogP contribution in [-0.2, 0) is 0 Å². The molecule has 14 heavy (non-hydrogen) atoms.